The fourth-order valence-electron chi connectivity index (χ4n) is 3.81. The van der Waals surface area contributed by atoms with Crippen LogP contribution in [0.5, 0.6) is 0 Å². The number of hydrogen-bond acceptors (Lipinski definition) is 5. The predicted octanol–water partition coefficient (Wildman–Crippen LogP) is 1.31. The van der Waals surface area contributed by atoms with Gasteiger partial charge in [0.05, 0.1) is 17.4 Å². The number of piperazine rings is 1. The molecule has 0 unspecified atom stereocenters. The Hall–Kier alpha value is -2.45. The number of rotatable bonds is 4. The van der Waals surface area contributed by atoms with Gasteiger partial charge in [-0.1, -0.05) is 0 Å². The molecule has 3 amide bonds. The Bertz CT molecular complexity index is 853. The smallest absolute Gasteiger partial charge is 0.298 e. The molecule has 0 radical (unpaired) electrons. The third-order valence-corrected chi connectivity index (χ3v) is 5.45. The molecular formula is C19H26N6O2. The van der Waals surface area contributed by atoms with Gasteiger partial charge < -0.3 is 0 Å². The number of pyridine rings is 1. The first-order valence-corrected chi connectivity index (χ1v) is 9.55. The van der Waals surface area contributed by atoms with E-state index in [0.29, 0.717) is 19.0 Å². The van der Waals surface area contributed by atoms with Gasteiger partial charge in [-0.25, -0.2) is 9.31 Å². The minimum Gasteiger partial charge on any atom is -0.298 e. The van der Waals surface area contributed by atoms with E-state index in [-0.39, 0.29) is 11.9 Å². The van der Waals surface area contributed by atoms with Crippen LogP contribution in [-0.2, 0) is 11.3 Å². The number of fused-ring (bicyclic) bond motifs is 1. The molecule has 4 heterocycles. The summed E-state index contributed by atoms with van der Waals surface area (Å²) < 4.78 is 1.78. The first-order chi connectivity index (χ1) is 13.0. The Balaban J connectivity index is 1.51. The van der Waals surface area contributed by atoms with Gasteiger partial charge in [0.15, 0.2) is 0 Å². The van der Waals surface area contributed by atoms with E-state index >= 15 is 0 Å². The number of carbonyl (C=O) groups is 2. The van der Waals surface area contributed by atoms with Crippen molar-refractivity contribution in [3.8, 4) is 0 Å². The van der Waals surface area contributed by atoms with Crippen LogP contribution in [-0.4, -0.2) is 70.1 Å². The van der Waals surface area contributed by atoms with Crippen LogP contribution in [0.15, 0.2) is 24.5 Å². The summed E-state index contributed by atoms with van der Waals surface area (Å²) in [4.78, 5) is 30.1. The summed E-state index contributed by atoms with van der Waals surface area (Å²) in [5.41, 5.74) is 2.83. The lowest BCUT2D eigenvalue weighted by atomic mass is 10.2. The summed E-state index contributed by atoms with van der Waals surface area (Å²) in [5.74, 6) is -0.228. The number of nitrogens with one attached hydrogen (secondary N) is 1. The molecule has 27 heavy (non-hydrogen) atoms. The van der Waals surface area contributed by atoms with E-state index < -0.39 is 0 Å². The topological polar surface area (TPSA) is 73.2 Å². The number of carbonyl (C=O) groups excluding carboxylic acids is 2. The number of aromatic nitrogens is 2. The predicted molar refractivity (Wildman–Crippen MR) is 103 cm³/mol. The molecule has 2 fully saturated rings. The first kappa shape index (κ1) is 17.9. The fraction of sp³-hybridized carbons (Fsp3) is 0.526. The molecule has 1 N–H and O–H groups in total. The van der Waals surface area contributed by atoms with E-state index in [9.17, 15) is 9.59 Å². The highest BCUT2D eigenvalue weighted by atomic mass is 16.2. The van der Waals surface area contributed by atoms with Crippen molar-refractivity contribution in [2.45, 2.75) is 32.9 Å². The number of amides is 3. The molecule has 2 aliphatic heterocycles. The summed E-state index contributed by atoms with van der Waals surface area (Å²) in [6.07, 6.45) is 3.93. The number of anilines is 1. The number of urea groups is 1. The Morgan fingerprint density at radius 3 is 2.63 bits per heavy atom. The summed E-state index contributed by atoms with van der Waals surface area (Å²) in [6.45, 7) is 10.1. The number of hydrogen-bond donors (Lipinski definition) is 1. The minimum atomic E-state index is -0.378. The molecule has 0 spiro atoms. The van der Waals surface area contributed by atoms with Gasteiger partial charge in [-0.15, -0.1) is 0 Å². The molecule has 0 aliphatic carbocycles. The zero-order valence-corrected chi connectivity index (χ0v) is 15.9. The Morgan fingerprint density at radius 2 is 1.93 bits per heavy atom. The van der Waals surface area contributed by atoms with E-state index in [0.717, 1.165) is 43.9 Å². The third kappa shape index (κ3) is 3.68. The first-order valence-electron chi connectivity index (χ1n) is 9.55. The van der Waals surface area contributed by atoms with Gasteiger partial charge in [0.1, 0.15) is 0 Å². The molecule has 2 aromatic rings. The largest absolute Gasteiger partial charge is 0.328 e. The van der Waals surface area contributed by atoms with Crippen LogP contribution in [0, 0.1) is 0 Å². The number of imide groups is 1. The fourth-order valence-corrected chi connectivity index (χ4v) is 3.81. The maximum atomic E-state index is 12.2. The van der Waals surface area contributed by atoms with Gasteiger partial charge in [-0.3, -0.25) is 24.8 Å². The summed E-state index contributed by atoms with van der Waals surface area (Å²) in [5, 5.41) is 6.73. The van der Waals surface area contributed by atoms with Crippen LogP contribution in [0.3, 0.4) is 0 Å². The zero-order valence-electron chi connectivity index (χ0n) is 15.9. The molecular weight excluding hydrogens is 344 g/mol. The normalized spacial score (nSPS) is 19.9. The SMILES string of the molecule is CC(C)N1CCN(Cc2ccn3ncc(N4CCC(=O)NC4=O)c3c2)CC1. The molecule has 0 bridgehead atoms. The molecule has 0 saturated carbocycles. The van der Waals surface area contributed by atoms with Crippen molar-refractivity contribution in [1.82, 2.24) is 24.7 Å². The second kappa shape index (κ2) is 7.28. The summed E-state index contributed by atoms with van der Waals surface area (Å²) in [7, 11) is 0. The molecule has 2 saturated heterocycles. The van der Waals surface area contributed by atoms with Gasteiger partial charge in [-0.2, -0.15) is 5.10 Å². The average Bonchev–Trinajstić information content (AvgIpc) is 3.05. The molecule has 0 atom stereocenters. The zero-order chi connectivity index (χ0) is 19.0. The van der Waals surface area contributed by atoms with Crippen molar-refractivity contribution >= 4 is 23.1 Å². The van der Waals surface area contributed by atoms with Crippen molar-refractivity contribution in [1.29, 1.82) is 0 Å². The number of nitrogens with zero attached hydrogens (tertiary/aromatic N) is 5. The van der Waals surface area contributed by atoms with Crippen molar-refractivity contribution in [3.05, 3.63) is 30.1 Å². The van der Waals surface area contributed by atoms with Crippen molar-refractivity contribution < 1.29 is 9.59 Å². The Labute approximate surface area is 158 Å². The van der Waals surface area contributed by atoms with Crippen LogP contribution < -0.4 is 10.2 Å². The van der Waals surface area contributed by atoms with Gasteiger partial charge in [0.2, 0.25) is 5.91 Å². The second-order valence-corrected chi connectivity index (χ2v) is 7.56. The Kier molecular flexibility index (Phi) is 4.84. The highest BCUT2D eigenvalue weighted by Crippen LogP contribution is 2.24. The molecule has 0 aromatic carbocycles. The van der Waals surface area contributed by atoms with Crippen molar-refractivity contribution in [3.63, 3.8) is 0 Å². The van der Waals surface area contributed by atoms with Crippen molar-refractivity contribution in [2.24, 2.45) is 0 Å². The summed E-state index contributed by atoms with van der Waals surface area (Å²) >= 11 is 0. The van der Waals surface area contributed by atoms with E-state index in [1.807, 2.05) is 6.20 Å². The quantitative estimate of drug-likeness (QED) is 0.878. The van der Waals surface area contributed by atoms with Gasteiger partial charge in [0.25, 0.3) is 0 Å². The van der Waals surface area contributed by atoms with Crippen LogP contribution in [0.2, 0.25) is 0 Å². The average molecular weight is 370 g/mol. The molecule has 144 valence electrons. The lowest BCUT2D eigenvalue weighted by Gasteiger charge is -2.36. The van der Waals surface area contributed by atoms with E-state index in [1.54, 1.807) is 15.6 Å². The lowest BCUT2D eigenvalue weighted by molar-refractivity contribution is -0.120. The molecule has 8 nitrogen and oxygen atoms in total. The van der Waals surface area contributed by atoms with Gasteiger partial charge in [-0.05, 0) is 31.5 Å². The van der Waals surface area contributed by atoms with Crippen LogP contribution in [0.1, 0.15) is 25.8 Å². The molecule has 4 rings (SSSR count). The van der Waals surface area contributed by atoms with E-state index in [1.165, 1.54) is 5.56 Å². The van der Waals surface area contributed by atoms with Crippen molar-refractivity contribution in [2.75, 3.05) is 37.6 Å². The van der Waals surface area contributed by atoms with Gasteiger partial charge >= 0.3 is 6.03 Å². The standard InChI is InChI=1S/C19H26N6O2/c1-14(2)23-9-7-22(8-10-23)13-15-3-6-25-16(11-15)17(12-20-25)24-5-4-18(26)21-19(24)27/h3,6,11-12,14H,4-5,7-10,13H2,1-2H3,(H,21,26,27). The minimum absolute atomic E-state index is 0.228. The van der Waals surface area contributed by atoms with Gasteiger partial charge in [0, 0.05) is 57.9 Å². The highest BCUT2D eigenvalue weighted by Gasteiger charge is 2.26. The molecule has 8 heteroatoms. The third-order valence-electron chi connectivity index (χ3n) is 5.45. The van der Waals surface area contributed by atoms with E-state index in [4.69, 9.17) is 0 Å². The summed E-state index contributed by atoms with van der Waals surface area (Å²) in [6, 6.07) is 4.40. The highest BCUT2D eigenvalue weighted by molar-refractivity contribution is 6.07. The molecule has 2 aromatic heterocycles. The lowest BCUT2D eigenvalue weighted by Crippen LogP contribution is -2.49. The van der Waals surface area contributed by atoms with Crippen LogP contribution >= 0.6 is 0 Å². The van der Waals surface area contributed by atoms with Crippen LogP contribution in [0.4, 0.5) is 10.5 Å². The Morgan fingerprint density at radius 1 is 1.15 bits per heavy atom. The maximum Gasteiger partial charge on any atom is 0.328 e. The van der Waals surface area contributed by atoms with Crippen LogP contribution in [0.25, 0.3) is 5.52 Å². The molecule has 2 aliphatic rings. The second-order valence-electron chi connectivity index (χ2n) is 7.56. The monoisotopic (exact) mass is 370 g/mol. The van der Waals surface area contributed by atoms with E-state index in [2.05, 4.69) is 46.2 Å². The maximum absolute atomic E-state index is 12.2.